The Morgan fingerprint density at radius 1 is 1.27 bits per heavy atom. The van der Waals surface area contributed by atoms with Crippen molar-refractivity contribution < 1.29 is 17.6 Å². The first-order chi connectivity index (χ1) is 12.4. The van der Waals surface area contributed by atoms with Crippen LogP contribution in [0, 0.1) is 5.82 Å². The molecule has 140 valence electrons. The van der Waals surface area contributed by atoms with Crippen LogP contribution in [0.1, 0.15) is 24.8 Å². The van der Waals surface area contributed by atoms with E-state index in [-0.39, 0.29) is 23.3 Å². The molecular weight excluding hydrogens is 359 g/mol. The molecule has 0 atom stereocenters. The number of benzene rings is 1. The number of nitrogens with zero attached hydrogens (tertiary/aromatic N) is 4. The number of piperidine rings is 1. The zero-order chi connectivity index (χ0) is 18.7. The number of hydrogen-bond acceptors (Lipinski definition) is 5. The van der Waals surface area contributed by atoms with Crippen molar-refractivity contribution >= 4 is 15.7 Å². The summed E-state index contributed by atoms with van der Waals surface area (Å²) in [5.74, 6) is -0.392. The highest BCUT2D eigenvalue weighted by atomic mass is 32.2. The molecule has 0 N–H and O–H groups in total. The summed E-state index contributed by atoms with van der Waals surface area (Å²) >= 11 is 0. The number of halogens is 1. The van der Waals surface area contributed by atoms with E-state index in [0.717, 1.165) is 0 Å². The lowest BCUT2D eigenvalue weighted by molar-refractivity contribution is -0.132. The molecule has 9 heteroatoms. The summed E-state index contributed by atoms with van der Waals surface area (Å²) in [6, 6.07) is 6.40. The first kappa shape index (κ1) is 18.5. The normalized spacial score (nSPS) is 16.0. The molecule has 2 aromatic rings. The highest BCUT2D eigenvalue weighted by Crippen LogP contribution is 2.23. The topological polar surface area (TPSA) is 85.2 Å². The number of carbonyl (C=O) groups is 1. The minimum atomic E-state index is -3.56. The molecule has 0 aliphatic carbocycles. The van der Waals surface area contributed by atoms with Crippen molar-refractivity contribution in [3.8, 4) is 0 Å². The number of amides is 1. The summed E-state index contributed by atoms with van der Waals surface area (Å²) in [5.41, 5.74) is 0.514. The van der Waals surface area contributed by atoms with Crippen molar-refractivity contribution in [2.24, 2.45) is 7.05 Å². The Hall–Kier alpha value is -2.29. The zero-order valence-electron chi connectivity index (χ0n) is 14.5. The van der Waals surface area contributed by atoms with Crippen molar-refractivity contribution in [1.29, 1.82) is 0 Å². The summed E-state index contributed by atoms with van der Waals surface area (Å²) in [7, 11) is -1.97. The van der Waals surface area contributed by atoms with Crippen LogP contribution in [0.25, 0.3) is 0 Å². The van der Waals surface area contributed by atoms with E-state index >= 15 is 0 Å². The quantitative estimate of drug-likeness (QED) is 0.782. The maximum Gasteiger partial charge on any atom is 0.249 e. The summed E-state index contributed by atoms with van der Waals surface area (Å²) in [5, 5.41) is 6.71. The zero-order valence-corrected chi connectivity index (χ0v) is 15.3. The van der Waals surface area contributed by atoms with Crippen molar-refractivity contribution in [2.45, 2.75) is 36.1 Å². The first-order valence-corrected chi connectivity index (χ1v) is 10.0. The molecule has 2 heterocycles. The van der Waals surface area contributed by atoms with E-state index < -0.39 is 15.1 Å². The van der Waals surface area contributed by atoms with Crippen LogP contribution in [0.4, 0.5) is 4.39 Å². The van der Waals surface area contributed by atoms with E-state index in [9.17, 15) is 17.6 Å². The summed E-state index contributed by atoms with van der Waals surface area (Å²) in [6.45, 7) is 0.746. The van der Waals surface area contributed by atoms with Gasteiger partial charge in [0.25, 0.3) is 0 Å². The molecule has 0 bridgehead atoms. The van der Waals surface area contributed by atoms with Gasteiger partial charge in [-0.3, -0.25) is 4.79 Å². The second-order valence-electron chi connectivity index (χ2n) is 6.44. The number of carbonyl (C=O) groups excluding carboxylic acids is 1. The van der Waals surface area contributed by atoms with Crippen LogP contribution in [-0.4, -0.2) is 52.3 Å². The summed E-state index contributed by atoms with van der Waals surface area (Å²) in [6.07, 6.45) is 2.62. The molecule has 0 saturated carbocycles. The lowest BCUT2D eigenvalue weighted by atomic mass is 10.1. The van der Waals surface area contributed by atoms with Crippen LogP contribution < -0.4 is 0 Å². The second kappa shape index (κ2) is 7.53. The SMILES string of the molecule is Cn1cnnc1S(=O)(=O)C1CCN(C(=O)CCc2ccccc2F)CC1. The van der Waals surface area contributed by atoms with E-state index in [0.29, 0.717) is 37.9 Å². The third kappa shape index (κ3) is 3.77. The van der Waals surface area contributed by atoms with E-state index in [1.807, 2.05) is 0 Å². The van der Waals surface area contributed by atoms with Crippen LogP contribution in [0.2, 0.25) is 0 Å². The Balaban J connectivity index is 1.56. The molecule has 0 spiro atoms. The van der Waals surface area contributed by atoms with Crippen molar-refractivity contribution in [3.05, 3.63) is 42.0 Å². The van der Waals surface area contributed by atoms with Gasteiger partial charge < -0.3 is 9.47 Å². The third-order valence-electron chi connectivity index (χ3n) is 4.72. The van der Waals surface area contributed by atoms with E-state index in [1.54, 1.807) is 30.1 Å². The number of aromatic nitrogens is 3. The minimum absolute atomic E-state index is 0.0400. The molecule has 1 amide bonds. The standard InChI is InChI=1S/C17H21FN4O3S/c1-21-12-19-20-17(21)26(24,25)14-8-10-22(11-9-14)16(23)7-6-13-4-2-3-5-15(13)18/h2-5,12,14H,6-11H2,1H3. The fourth-order valence-electron chi connectivity index (χ4n) is 3.20. The van der Waals surface area contributed by atoms with Gasteiger partial charge in [0.2, 0.25) is 20.9 Å². The smallest absolute Gasteiger partial charge is 0.249 e. The highest BCUT2D eigenvalue weighted by molar-refractivity contribution is 7.91. The molecule has 26 heavy (non-hydrogen) atoms. The van der Waals surface area contributed by atoms with Crippen LogP contribution in [-0.2, 0) is 28.1 Å². The predicted molar refractivity (Wildman–Crippen MR) is 92.5 cm³/mol. The molecular formula is C17H21FN4O3S. The Kier molecular flexibility index (Phi) is 5.36. The molecule has 1 aromatic heterocycles. The Labute approximate surface area is 151 Å². The second-order valence-corrected chi connectivity index (χ2v) is 8.56. The molecule has 1 saturated heterocycles. The maximum atomic E-state index is 13.6. The number of sulfone groups is 1. The number of aryl methyl sites for hydroxylation is 2. The maximum absolute atomic E-state index is 13.6. The fraction of sp³-hybridized carbons (Fsp3) is 0.471. The molecule has 3 rings (SSSR count). The Morgan fingerprint density at radius 3 is 2.58 bits per heavy atom. The molecule has 1 aliphatic heterocycles. The lowest BCUT2D eigenvalue weighted by Gasteiger charge is -2.31. The van der Waals surface area contributed by atoms with Crippen LogP contribution in [0.15, 0.2) is 35.7 Å². The van der Waals surface area contributed by atoms with Crippen molar-refractivity contribution in [2.75, 3.05) is 13.1 Å². The van der Waals surface area contributed by atoms with Crippen LogP contribution in [0.5, 0.6) is 0 Å². The van der Waals surface area contributed by atoms with Gasteiger partial charge in [0, 0.05) is 26.6 Å². The van der Waals surface area contributed by atoms with Gasteiger partial charge in [0.05, 0.1) is 5.25 Å². The Morgan fingerprint density at radius 2 is 1.96 bits per heavy atom. The summed E-state index contributed by atoms with van der Waals surface area (Å²) < 4.78 is 40.3. The van der Waals surface area contributed by atoms with Crippen molar-refractivity contribution in [1.82, 2.24) is 19.7 Å². The molecule has 1 aromatic carbocycles. The van der Waals surface area contributed by atoms with E-state index in [1.165, 1.54) is 17.0 Å². The van der Waals surface area contributed by atoms with Gasteiger partial charge in [-0.1, -0.05) is 18.2 Å². The largest absolute Gasteiger partial charge is 0.343 e. The number of rotatable bonds is 5. The average molecular weight is 380 g/mol. The van der Waals surface area contributed by atoms with Crippen molar-refractivity contribution in [3.63, 3.8) is 0 Å². The average Bonchev–Trinajstić information content (AvgIpc) is 3.08. The summed E-state index contributed by atoms with van der Waals surface area (Å²) in [4.78, 5) is 14.0. The van der Waals surface area contributed by atoms with Crippen LogP contribution >= 0.6 is 0 Å². The fourth-order valence-corrected chi connectivity index (χ4v) is 4.93. The Bertz CT molecular complexity index is 889. The van der Waals surface area contributed by atoms with Gasteiger partial charge in [-0.15, -0.1) is 10.2 Å². The van der Waals surface area contributed by atoms with Gasteiger partial charge >= 0.3 is 0 Å². The molecule has 0 radical (unpaired) electrons. The lowest BCUT2D eigenvalue weighted by Crippen LogP contribution is -2.43. The van der Waals surface area contributed by atoms with Gasteiger partial charge in [-0.2, -0.15) is 0 Å². The van der Waals surface area contributed by atoms with Gasteiger partial charge in [-0.25, -0.2) is 12.8 Å². The minimum Gasteiger partial charge on any atom is -0.343 e. The molecule has 1 fully saturated rings. The van der Waals surface area contributed by atoms with Gasteiger partial charge in [0.15, 0.2) is 0 Å². The number of hydrogen-bond donors (Lipinski definition) is 0. The highest BCUT2D eigenvalue weighted by Gasteiger charge is 2.35. The molecule has 0 unspecified atom stereocenters. The van der Waals surface area contributed by atoms with E-state index in [2.05, 4.69) is 10.2 Å². The number of likely N-dealkylation sites (tertiary alicyclic amines) is 1. The van der Waals surface area contributed by atoms with Crippen LogP contribution in [0.3, 0.4) is 0 Å². The van der Waals surface area contributed by atoms with Gasteiger partial charge in [0.1, 0.15) is 12.1 Å². The molecule has 7 nitrogen and oxygen atoms in total. The van der Waals surface area contributed by atoms with Gasteiger partial charge in [-0.05, 0) is 30.9 Å². The molecule has 1 aliphatic rings. The first-order valence-electron chi connectivity index (χ1n) is 8.48. The predicted octanol–water partition coefficient (Wildman–Crippen LogP) is 1.35. The third-order valence-corrected chi connectivity index (χ3v) is 6.95. The monoisotopic (exact) mass is 380 g/mol. The van der Waals surface area contributed by atoms with E-state index in [4.69, 9.17) is 0 Å².